The average Bonchev–Trinajstić information content (AvgIpc) is 2.88. The number of hydrogen-bond acceptors (Lipinski definition) is 5. The molecule has 1 aromatic carbocycles. The van der Waals surface area contributed by atoms with Gasteiger partial charge in [-0.25, -0.2) is 4.98 Å². The molecule has 128 valence electrons. The van der Waals surface area contributed by atoms with Gasteiger partial charge in [-0.05, 0) is 61.2 Å². The first-order valence-electron chi connectivity index (χ1n) is 7.50. The standard InChI is InChI=1S/C18H16ClN3O2S/c1-10-9-25-18(15(10)19)24-13-6-4-12(5-7-13)22-17(23)14-8-3-11(2)21-16(14)20/h3-9H,1-2H3,(H2,20,21)(H,22,23). The molecule has 2 aromatic heterocycles. The fraction of sp³-hybridized carbons (Fsp3) is 0.111. The monoisotopic (exact) mass is 373 g/mol. The Morgan fingerprint density at radius 2 is 1.92 bits per heavy atom. The van der Waals surface area contributed by atoms with Crippen molar-refractivity contribution >= 4 is 40.4 Å². The predicted molar refractivity (Wildman–Crippen MR) is 102 cm³/mol. The van der Waals surface area contributed by atoms with Crippen molar-refractivity contribution < 1.29 is 9.53 Å². The molecule has 0 radical (unpaired) electrons. The Kier molecular flexibility index (Phi) is 4.92. The summed E-state index contributed by atoms with van der Waals surface area (Å²) >= 11 is 7.60. The summed E-state index contributed by atoms with van der Waals surface area (Å²) in [4.78, 5) is 16.4. The Morgan fingerprint density at radius 1 is 1.20 bits per heavy atom. The molecule has 5 nitrogen and oxygen atoms in total. The lowest BCUT2D eigenvalue weighted by Crippen LogP contribution is -2.15. The van der Waals surface area contributed by atoms with E-state index in [4.69, 9.17) is 22.1 Å². The van der Waals surface area contributed by atoms with E-state index in [0.29, 0.717) is 27.1 Å². The molecule has 3 rings (SSSR count). The van der Waals surface area contributed by atoms with Gasteiger partial charge in [0.25, 0.3) is 5.91 Å². The fourth-order valence-electron chi connectivity index (χ4n) is 2.16. The van der Waals surface area contributed by atoms with Gasteiger partial charge >= 0.3 is 0 Å². The number of aryl methyl sites for hydroxylation is 2. The molecule has 0 saturated heterocycles. The number of nitrogens with two attached hydrogens (primary N) is 1. The third kappa shape index (κ3) is 3.92. The van der Waals surface area contributed by atoms with Crippen LogP contribution in [0.2, 0.25) is 5.02 Å². The quantitative estimate of drug-likeness (QED) is 0.671. The molecular weight excluding hydrogens is 358 g/mol. The molecule has 0 spiro atoms. The van der Waals surface area contributed by atoms with Crippen LogP contribution in [-0.2, 0) is 0 Å². The Bertz CT molecular complexity index is 923. The van der Waals surface area contributed by atoms with Crippen LogP contribution in [0.5, 0.6) is 10.8 Å². The first-order chi connectivity index (χ1) is 11.9. The van der Waals surface area contributed by atoms with E-state index in [1.165, 1.54) is 11.3 Å². The van der Waals surface area contributed by atoms with Crippen LogP contribution >= 0.6 is 22.9 Å². The minimum absolute atomic E-state index is 0.208. The Balaban J connectivity index is 1.70. The second-order valence-electron chi connectivity index (χ2n) is 5.49. The summed E-state index contributed by atoms with van der Waals surface area (Å²) in [5.41, 5.74) is 8.51. The number of nitrogen functional groups attached to an aromatic ring is 1. The summed E-state index contributed by atoms with van der Waals surface area (Å²) in [5, 5.41) is 5.99. The molecule has 0 bridgehead atoms. The third-order valence-corrected chi connectivity index (χ3v) is 5.05. The molecule has 0 aliphatic heterocycles. The summed E-state index contributed by atoms with van der Waals surface area (Å²) in [7, 11) is 0. The molecule has 0 saturated carbocycles. The second-order valence-corrected chi connectivity index (χ2v) is 6.71. The molecule has 0 aliphatic carbocycles. The molecule has 0 unspecified atom stereocenters. The topological polar surface area (TPSA) is 77.2 Å². The SMILES string of the molecule is Cc1ccc(C(=O)Nc2ccc(Oc3scc(C)c3Cl)cc2)c(N)n1. The number of amides is 1. The van der Waals surface area contributed by atoms with Crippen LogP contribution < -0.4 is 15.8 Å². The van der Waals surface area contributed by atoms with E-state index in [0.717, 1.165) is 11.3 Å². The number of benzene rings is 1. The van der Waals surface area contributed by atoms with Gasteiger partial charge in [0.1, 0.15) is 11.6 Å². The van der Waals surface area contributed by atoms with Crippen LogP contribution in [0.15, 0.2) is 41.8 Å². The van der Waals surface area contributed by atoms with Gasteiger partial charge in [-0.1, -0.05) is 11.6 Å². The van der Waals surface area contributed by atoms with E-state index in [9.17, 15) is 4.79 Å². The summed E-state index contributed by atoms with van der Waals surface area (Å²) in [5.74, 6) is 0.536. The van der Waals surface area contributed by atoms with Crippen molar-refractivity contribution in [1.29, 1.82) is 0 Å². The molecule has 3 aromatic rings. The van der Waals surface area contributed by atoms with Crippen molar-refractivity contribution in [1.82, 2.24) is 4.98 Å². The number of halogens is 1. The van der Waals surface area contributed by atoms with E-state index in [2.05, 4.69) is 10.3 Å². The zero-order valence-electron chi connectivity index (χ0n) is 13.7. The number of anilines is 2. The number of aromatic nitrogens is 1. The van der Waals surface area contributed by atoms with Gasteiger partial charge in [0.2, 0.25) is 0 Å². The van der Waals surface area contributed by atoms with Crippen molar-refractivity contribution in [3.05, 3.63) is 63.6 Å². The lowest BCUT2D eigenvalue weighted by atomic mass is 10.2. The molecular formula is C18H16ClN3O2S. The minimum atomic E-state index is -0.310. The average molecular weight is 374 g/mol. The zero-order valence-corrected chi connectivity index (χ0v) is 15.2. The lowest BCUT2D eigenvalue weighted by Gasteiger charge is -2.09. The number of carbonyl (C=O) groups is 1. The van der Waals surface area contributed by atoms with E-state index >= 15 is 0 Å². The molecule has 2 heterocycles. The van der Waals surface area contributed by atoms with Crippen molar-refractivity contribution in [2.75, 3.05) is 11.1 Å². The number of carbonyl (C=O) groups excluding carboxylic acids is 1. The van der Waals surface area contributed by atoms with E-state index in [1.807, 2.05) is 19.2 Å². The van der Waals surface area contributed by atoms with Gasteiger partial charge in [-0.3, -0.25) is 4.79 Å². The first-order valence-corrected chi connectivity index (χ1v) is 8.76. The molecule has 1 amide bonds. The van der Waals surface area contributed by atoms with Gasteiger partial charge in [-0.2, -0.15) is 0 Å². The zero-order chi connectivity index (χ0) is 18.0. The van der Waals surface area contributed by atoms with Crippen LogP contribution in [0.3, 0.4) is 0 Å². The van der Waals surface area contributed by atoms with Gasteiger partial charge in [0, 0.05) is 11.4 Å². The van der Waals surface area contributed by atoms with Crippen molar-refractivity contribution in [3.63, 3.8) is 0 Å². The molecule has 3 N–H and O–H groups in total. The number of nitrogens with one attached hydrogen (secondary N) is 1. The van der Waals surface area contributed by atoms with E-state index in [-0.39, 0.29) is 11.7 Å². The third-order valence-electron chi connectivity index (χ3n) is 3.50. The van der Waals surface area contributed by atoms with Gasteiger partial charge < -0.3 is 15.8 Å². The summed E-state index contributed by atoms with van der Waals surface area (Å²) < 4.78 is 5.75. The van der Waals surface area contributed by atoms with E-state index in [1.54, 1.807) is 36.4 Å². The van der Waals surface area contributed by atoms with Crippen molar-refractivity contribution in [2.24, 2.45) is 0 Å². The summed E-state index contributed by atoms with van der Waals surface area (Å²) in [6.45, 7) is 3.74. The fourth-order valence-corrected chi connectivity index (χ4v) is 3.26. The molecule has 7 heteroatoms. The van der Waals surface area contributed by atoms with Gasteiger partial charge in [0.05, 0.1) is 10.6 Å². The minimum Gasteiger partial charge on any atom is -0.445 e. The van der Waals surface area contributed by atoms with Crippen LogP contribution in [0, 0.1) is 13.8 Å². The Labute approximate surface area is 154 Å². The second kappa shape index (κ2) is 7.13. The summed E-state index contributed by atoms with van der Waals surface area (Å²) in [6.07, 6.45) is 0. The van der Waals surface area contributed by atoms with Crippen LogP contribution in [-0.4, -0.2) is 10.9 Å². The Hall–Kier alpha value is -2.57. The van der Waals surface area contributed by atoms with Crippen LogP contribution in [0.25, 0.3) is 0 Å². The lowest BCUT2D eigenvalue weighted by molar-refractivity contribution is 0.102. The number of ether oxygens (including phenoxy) is 1. The van der Waals surface area contributed by atoms with Crippen LogP contribution in [0.4, 0.5) is 11.5 Å². The largest absolute Gasteiger partial charge is 0.445 e. The molecule has 0 atom stereocenters. The highest BCUT2D eigenvalue weighted by Crippen LogP contribution is 2.38. The van der Waals surface area contributed by atoms with Crippen molar-refractivity contribution in [3.8, 4) is 10.8 Å². The number of pyridine rings is 1. The highest BCUT2D eigenvalue weighted by Gasteiger charge is 2.12. The number of hydrogen-bond donors (Lipinski definition) is 2. The van der Waals surface area contributed by atoms with Crippen molar-refractivity contribution in [2.45, 2.75) is 13.8 Å². The van der Waals surface area contributed by atoms with Gasteiger partial charge in [0.15, 0.2) is 5.06 Å². The van der Waals surface area contributed by atoms with Crippen LogP contribution in [0.1, 0.15) is 21.6 Å². The smallest absolute Gasteiger partial charge is 0.259 e. The maximum atomic E-state index is 12.3. The first kappa shape index (κ1) is 17.3. The highest BCUT2D eigenvalue weighted by atomic mass is 35.5. The normalized spacial score (nSPS) is 10.5. The highest BCUT2D eigenvalue weighted by molar-refractivity contribution is 7.12. The molecule has 25 heavy (non-hydrogen) atoms. The van der Waals surface area contributed by atoms with Gasteiger partial charge in [-0.15, -0.1) is 11.3 Å². The number of nitrogens with zero attached hydrogens (tertiary/aromatic N) is 1. The predicted octanol–water partition coefficient (Wildman–Crippen LogP) is 5.04. The molecule has 0 fully saturated rings. The number of rotatable bonds is 4. The maximum Gasteiger partial charge on any atom is 0.259 e. The Morgan fingerprint density at radius 3 is 2.52 bits per heavy atom. The molecule has 0 aliphatic rings. The van der Waals surface area contributed by atoms with E-state index < -0.39 is 0 Å². The maximum absolute atomic E-state index is 12.3. The number of thiophene rings is 1. The summed E-state index contributed by atoms with van der Waals surface area (Å²) in [6, 6.07) is 10.4.